The van der Waals surface area contributed by atoms with Gasteiger partial charge in [-0.2, -0.15) is 15.1 Å². The minimum Gasteiger partial charge on any atom is -0.399 e. The van der Waals surface area contributed by atoms with E-state index >= 15 is 0 Å². The zero-order chi connectivity index (χ0) is 14.4. The highest BCUT2D eigenvalue weighted by Gasteiger charge is 2.14. The van der Waals surface area contributed by atoms with E-state index in [1.807, 2.05) is 18.2 Å². The minimum absolute atomic E-state index is 0.0788. The van der Waals surface area contributed by atoms with Gasteiger partial charge in [0.15, 0.2) is 0 Å². The second-order valence-corrected chi connectivity index (χ2v) is 4.48. The molecule has 0 saturated carbocycles. The Labute approximate surface area is 116 Å². The Morgan fingerprint density at radius 2 is 2.15 bits per heavy atom. The van der Waals surface area contributed by atoms with Gasteiger partial charge in [0.25, 0.3) is 0 Å². The first-order chi connectivity index (χ1) is 9.74. The molecular formula is C14H16N4O2. The molecule has 3 N–H and O–H groups in total. The van der Waals surface area contributed by atoms with Crippen LogP contribution in [0.3, 0.4) is 0 Å². The number of hydrogen-bond donors (Lipinski definition) is 2. The molecule has 1 aliphatic rings. The van der Waals surface area contributed by atoms with Crippen LogP contribution in [0.5, 0.6) is 0 Å². The van der Waals surface area contributed by atoms with Crippen molar-refractivity contribution in [2.45, 2.75) is 19.1 Å². The van der Waals surface area contributed by atoms with Gasteiger partial charge in [0.05, 0.1) is 18.3 Å². The fraction of sp³-hybridized carbons (Fsp3) is 0.286. The second kappa shape index (κ2) is 6.72. The third-order valence-electron chi connectivity index (χ3n) is 3.09. The molecule has 1 aromatic rings. The van der Waals surface area contributed by atoms with Crippen LogP contribution in [0.1, 0.15) is 12.0 Å². The van der Waals surface area contributed by atoms with E-state index in [-0.39, 0.29) is 19.2 Å². The van der Waals surface area contributed by atoms with E-state index in [0.717, 1.165) is 11.1 Å². The Kier molecular flexibility index (Phi) is 4.73. The van der Waals surface area contributed by atoms with Crippen LogP contribution in [0, 0.1) is 4.91 Å². The van der Waals surface area contributed by atoms with E-state index in [4.69, 9.17) is 5.73 Å². The fourth-order valence-corrected chi connectivity index (χ4v) is 1.96. The molecule has 6 nitrogen and oxygen atoms in total. The fourth-order valence-electron chi connectivity index (χ4n) is 1.96. The summed E-state index contributed by atoms with van der Waals surface area (Å²) in [6, 6.07) is 7.10. The minimum atomic E-state index is -0.161. The number of nitrogens with zero attached hydrogens (tertiary/aromatic N) is 3. The number of azo groups is 1. The van der Waals surface area contributed by atoms with E-state index < -0.39 is 0 Å². The summed E-state index contributed by atoms with van der Waals surface area (Å²) in [6.07, 6.45) is 4.11. The molecule has 0 fully saturated rings. The molecular weight excluding hydrogens is 256 g/mol. The molecule has 0 heterocycles. The van der Waals surface area contributed by atoms with Gasteiger partial charge in [-0.15, -0.1) is 0 Å². The van der Waals surface area contributed by atoms with Crippen LogP contribution in [0.2, 0.25) is 0 Å². The molecule has 0 amide bonds. The zero-order valence-corrected chi connectivity index (χ0v) is 10.9. The molecule has 1 aromatic carbocycles. The molecule has 6 heteroatoms. The van der Waals surface area contributed by atoms with Crippen molar-refractivity contribution >= 4 is 5.69 Å². The summed E-state index contributed by atoms with van der Waals surface area (Å²) < 4.78 is 0. The molecule has 0 spiro atoms. The van der Waals surface area contributed by atoms with E-state index in [9.17, 15) is 10.0 Å². The maximum absolute atomic E-state index is 10.3. The standard InChI is InChI=1S/C14H16N4O2/c15-13-6-5-12(7-11(13)8-16-20)17-18-14-4-2-1-3-10(14)9-19/h1-6,12,19H,7-9,15H2. The van der Waals surface area contributed by atoms with Crippen LogP contribution in [0.4, 0.5) is 5.69 Å². The molecule has 1 unspecified atom stereocenters. The average Bonchev–Trinajstić information content (AvgIpc) is 2.48. The third-order valence-corrected chi connectivity index (χ3v) is 3.09. The number of rotatable bonds is 5. The van der Waals surface area contributed by atoms with Crippen LogP contribution in [-0.2, 0) is 6.61 Å². The number of aliphatic hydroxyl groups excluding tert-OH is 1. The van der Waals surface area contributed by atoms with Crippen molar-refractivity contribution in [1.82, 2.24) is 0 Å². The molecule has 0 aliphatic heterocycles. The summed E-state index contributed by atoms with van der Waals surface area (Å²) in [5.41, 5.74) is 8.49. The lowest BCUT2D eigenvalue weighted by atomic mass is 9.99. The van der Waals surface area contributed by atoms with Crippen LogP contribution >= 0.6 is 0 Å². The first-order valence-electron chi connectivity index (χ1n) is 6.29. The van der Waals surface area contributed by atoms with Crippen LogP contribution in [-0.4, -0.2) is 17.7 Å². The Hall–Kier alpha value is -2.34. The number of hydrogen-bond acceptors (Lipinski definition) is 6. The Bertz CT molecular complexity index is 578. The third kappa shape index (κ3) is 3.36. The summed E-state index contributed by atoms with van der Waals surface area (Å²) >= 11 is 0. The Balaban J connectivity index is 2.10. The second-order valence-electron chi connectivity index (χ2n) is 4.48. The number of nitroso groups, excluding NO2 is 1. The Morgan fingerprint density at radius 1 is 1.35 bits per heavy atom. The lowest BCUT2D eigenvalue weighted by Gasteiger charge is -2.15. The van der Waals surface area contributed by atoms with Gasteiger partial charge < -0.3 is 10.8 Å². The van der Waals surface area contributed by atoms with Crippen LogP contribution < -0.4 is 5.73 Å². The summed E-state index contributed by atoms with van der Waals surface area (Å²) in [5, 5.41) is 20.5. The summed E-state index contributed by atoms with van der Waals surface area (Å²) in [5.74, 6) is 0. The van der Waals surface area contributed by atoms with E-state index in [2.05, 4.69) is 15.4 Å². The summed E-state index contributed by atoms with van der Waals surface area (Å²) in [7, 11) is 0. The summed E-state index contributed by atoms with van der Waals surface area (Å²) in [4.78, 5) is 10.3. The van der Waals surface area contributed by atoms with Gasteiger partial charge in [-0.25, -0.2) is 0 Å². The first kappa shape index (κ1) is 14.1. The highest BCUT2D eigenvalue weighted by molar-refractivity contribution is 5.44. The smallest absolute Gasteiger partial charge is 0.104 e. The first-order valence-corrected chi connectivity index (χ1v) is 6.29. The van der Waals surface area contributed by atoms with Crippen molar-refractivity contribution < 1.29 is 5.11 Å². The molecule has 1 atom stereocenters. The van der Waals surface area contributed by atoms with Gasteiger partial charge in [0, 0.05) is 17.7 Å². The molecule has 0 aromatic heterocycles. The van der Waals surface area contributed by atoms with Crippen LogP contribution in [0.25, 0.3) is 0 Å². The molecule has 2 rings (SSSR count). The zero-order valence-electron chi connectivity index (χ0n) is 10.9. The highest BCUT2D eigenvalue weighted by atomic mass is 16.3. The normalized spacial score (nSPS) is 18.8. The number of aliphatic hydroxyl groups is 1. The van der Waals surface area contributed by atoms with Crippen molar-refractivity contribution in [2.75, 3.05) is 6.54 Å². The summed E-state index contributed by atoms with van der Waals surface area (Å²) in [6.45, 7) is -0.00170. The van der Waals surface area contributed by atoms with E-state index in [0.29, 0.717) is 17.8 Å². The van der Waals surface area contributed by atoms with Gasteiger partial charge in [0.1, 0.15) is 6.54 Å². The van der Waals surface area contributed by atoms with E-state index in [1.54, 1.807) is 18.2 Å². The number of nitrogens with two attached hydrogens (primary N) is 1. The predicted octanol–water partition coefficient (Wildman–Crippen LogP) is 2.57. The van der Waals surface area contributed by atoms with Crippen molar-refractivity contribution in [1.29, 1.82) is 0 Å². The average molecular weight is 272 g/mol. The Morgan fingerprint density at radius 3 is 2.90 bits per heavy atom. The quantitative estimate of drug-likeness (QED) is 0.636. The molecule has 0 bridgehead atoms. The maximum Gasteiger partial charge on any atom is 0.104 e. The molecule has 0 saturated heterocycles. The van der Waals surface area contributed by atoms with Crippen molar-refractivity contribution in [3.05, 3.63) is 58.2 Å². The van der Waals surface area contributed by atoms with Crippen molar-refractivity contribution in [2.24, 2.45) is 21.1 Å². The molecule has 104 valence electrons. The van der Waals surface area contributed by atoms with E-state index in [1.165, 1.54) is 0 Å². The van der Waals surface area contributed by atoms with Gasteiger partial charge in [-0.05, 0) is 17.7 Å². The van der Waals surface area contributed by atoms with Gasteiger partial charge >= 0.3 is 0 Å². The van der Waals surface area contributed by atoms with Gasteiger partial charge in [0.2, 0.25) is 0 Å². The number of allylic oxidation sites excluding steroid dienone is 1. The highest BCUT2D eigenvalue weighted by Crippen LogP contribution is 2.23. The number of benzene rings is 1. The van der Waals surface area contributed by atoms with Crippen molar-refractivity contribution in [3.8, 4) is 0 Å². The van der Waals surface area contributed by atoms with Gasteiger partial charge in [-0.1, -0.05) is 29.5 Å². The largest absolute Gasteiger partial charge is 0.399 e. The SMILES string of the molecule is NC1=C(CN=O)CC(N=Nc2ccccc2CO)C=C1. The maximum atomic E-state index is 10.3. The lowest BCUT2D eigenvalue weighted by Crippen LogP contribution is -2.14. The topological polar surface area (TPSA) is 100 Å². The predicted molar refractivity (Wildman–Crippen MR) is 76.3 cm³/mol. The monoisotopic (exact) mass is 272 g/mol. The molecule has 20 heavy (non-hydrogen) atoms. The molecule has 1 aliphatic carbocycles. The van der Waals surface area contributed by atoms with Gasteiger partial charge in [-0.3, -0.25) is 0 Å². The molecule has 0 radical (unpaired) electrons. The van der Waals surface area contributed by atoms with Crippen LogP contribution in [0.15, 0.2) is 63.1 Å². The lowest BCUT2D eigenvalue weighted by molar-refractivity contribution is 0.282. The van der Waals surface area contributed by atoms with Crippen molar-refractivity contribution in [3.63, 3.8) is 0 Å².